The number of hydrogen-bond acceptors (Lipinski definition) is 6. The zero-order chi connectivity index (χ0) is 17.9. The van der Waals surface area contributed by atoms with Crippen LogP contribution in [0.1, 0.15) is 17.3 Å². The fourth-order valence-electron chi connectivity index (χ4n) is 2.28. The molecule has 1 atom stereocenters. The van der Waals surface area contributed by atoms with Gasteiger partial charge in [0.15, 0.2) is 5.37 Å². The Morgan fingerprint density at radius 3 is 2.71 bits per heavy atom. The second-order valence-corrected chi connectivity index (χ2v) is 8.40. The summed E-state index contributed by atoms with van der Waals surface area (Å²) in [5, 5.41) is -0.886. The van der Waals surface area contributed by atoms with Crippen LogP contribution in [0.4, 0.5) is 0 Å². The largest absolute Gasteiger partial charge is 0.464 e. The maximum atomic E-state index is 12.9. The third-order valence-corrected chi connectivity index (χ3v) is 6.61. The fraction of sp³-hybridized carbons (Fsp3) is 0.467. The van der Waals surface area contributed by atoms with Crippen LogP contribution >= 0.6 is 11.8 Å². The van der Waals surface area contributed by atoms with Crippen LogP contribution in [-0.4, -0.2) is 67.9 Å². The van der Waals surface area contributed by atoms with Crippen molar-refractivity contribution >= 4 is 33.7 Å². The van der Waals surface area contributed by atoms with Crippen molar-refractivity contribution in [2.75, 3.05) is 33.0 Å². The lowest BCUT2D eigenvalue weighted by molar-refractivity contribution is -0.144. The molecular formula is C15H20N2O5S2. The Morgan fingerprint density at radius 2 is 2.08 bits per heavy atom. The number of carbonyl (C=O) groups excluding carboxylic acids is 2. The predicted octanol–water partition coefficient (Wildman–Crippen LogP) is 1.02. The second kappa shape index (κ2) is 7.54. The molecule has 1 aliphatic heterocycles. The molecule has 1 heterocycles. The number of amides is 1. The average Bonchev–Trinajstić information content (AvgIpc) is 3.05. The van der Waals surface area contributed by atoms with E-state index >= 15 is 0 Å². The zero-order valence-electron chi connectivity index (χ0n) is 13.8. The number of thioether (sulfide) groups is 1. The summed E-state index contributed by atoms with van der Waals surface area (Å²) in [7, 11) is -0.703. The smallest absolute Gasteiger partial charge is 0.334 e. The lowest BCUT2D eigenvalue weighted by Crippen LogP contribution is -2.40. The van der Waals surface area contributed by atoms with Crippen molar-refractivity contribution in [1.82, 2.24) is 9.21 Å². The summed E-state index contributed by atoms with van der Waals surface area (Å²) < 4.78 is 31.8. The molecule has 0 radical (unpaired) electrons. The molecule has 2 rings (SSSR count). The van der Waals surface area contributed by atoms with Gasteiger partial charge in [0.25, 0.3) is 5.91 Å². The Balaban J connectivity index is 2.35. The summed E-state index contributed by atoms with van der Waals surface area (Å²) >= 11 is 1.23. The summed E-state index contributed by atoms with van der Waals surface area (Å²) in [5.74, 6) is -0.340. The van der Waals surface area contributed by atoms with Crippen molar-refractivity contribution in [3.8, 4) is 0 Å². The van der Waals surface area contributed by atoms with E-state index in [1.165, 1.54) is 34.9 Å². The molecule has 1 unspecified atom stereocenters. The highest BCUT2D eigenvalue weighted by atomic mass is 32.2. The van der Waals surface area contributed by atoms with E-state index in [4.69, 9.17) is 4.74 Å². The Hall–Kier alpha value is -1.58. The molecule has 1 aromatic carbocycles. The molecule has 132 valence electrons. The van der Waals surface area contributed by atoms with Crippen LogP contribution in [0.15, 0.2) is 29.2 Å². The van der Waals surface area contributed by atoms with Crippen molar-refractivity contribution in [3.63, 3.8) is 0 Å². The number of benzene rings is 1. The van der Waals surface area contributed by atoms with E-state index in [0.29, 0.717) is 5.75 Å². The van der Waals surface area contributed by atoms with E-state index in [9.17, 15) is 18.0 Å². The van der Waals surface area contributed by atoms with Crippen LogP contribution in [0, 0.1) is 0 Å². The first-order valence-corrected chi connectivity index (χ1v) is 9.89. The van der Waals surface area contributed by atoms with E-state index in [1.54, 1.807) is 27.1 Å². The van der Waals surface area contributed by atoms with Gasteiger partial charge in [-0.3, -0.25) is 4.79 Å². The van der Waals surface area contributed by atoms with Crippen LogP contribution in [0.3, 0.4) is 0 Å². The van der Waals surface area contributed by atoms with Gasteiger partial charge < -0.3 is 9.64 Å². The molecule has 0 aliphatic carbocycles. The van der Waals surface area contributed by atoms with Gasteiger partial charge in [0.2, 0.25) is 10.0 Å². The van der Waals surface area contributed by atoms with Crippen LogP contribution in [-0.2, 0) is 19.6 Å². The zero-order valence-corrected chi connectivity index (χ0v) is 15.4. The van der Waals surface area contributed by atoms with Gasteiger partial charge in [0.1, 0.15) is 0 Å². The minimum atomic E-state index is -3.89. The highest BCUT2D eigenvalue weighted by Gasteiger charge is 2.41. The van der Waals surface area contributed by atoms with Crippen LogP contribution < -0.4 is 0 Å². The molecule has 7 nitrogen and oxygen atoms in total. The Kier molecular flexibility index (Phi) is 5.89. The summed E-state index contributed by atoms with van der Waals surface area (Å²) in [6.45, 7) is 2.09. The third kappa shape index (κ3) is 3.73. The summed E-state index contributed by atoms with van der Waals surface area (Å²) in [4.78, 5) is 25.4. The Labute approximate surface area is 146 Å². The van der Waals surface area contributed by atoms with Gasteiger partial charge in [-0.05, 0) is 25.1 Å². The van der Waals surface area contributed by atoms with Crippen molar-refractivity contribution in [2.24, 2.45) is 0 Å². The van der Waals surface area contributed by atoms with Gasteiger partial charge in [-0.2, -0.15) is 4.31 Å². The van der Waals surface area contributed by atoms with Crippen molar-refractivity contribution in [3.05, 3.63) is 29.8 Å². The minimum absolute atomic E-state index is 0.00741. The van der Waals surface area contributed by atoms with Gasteiger partial charge in [-0.15, -0.1) is 11.8 Å². The molecule has 0 N–H and O–H groups in total. The second-order valence-electron chi connectivity index (χ2n) is 5.32. The van der Waals surface area contributed by atoms with Gasteiger partial charge in [-0.1, -0.05) is 6.07 Å². The number of carbonyl (C=O) groups is 2. The molecule has 0 saturated carbocycles. The molecule has 1 aliphatic rings. The predicted molar refractivity (Wildman–Crippen MR) is 91.2 cm³/mol. The lowest BCUT2D eigenvalue weighted by Gasteiger charge is -2.22. The SMILES string of the molecule is CCOC(=O)C1SCCN1S(=O)(=O)c1cccc(C(=O)N(C)C)c1. The van der Waals surface area contributed by atoms with E-state index in [1.807, 2.05) is 0 Å². The number of rotatable bonds is 5. The summed E-state index contributed by atoms with van der Waals surface area (Å²) in [6, 6.07) is 5.84. The van der Waals surface area contributed by atoms with E-state index in [0.717, 1.165) is 4.31 Å². The summed E-state index contributed by atoms with van der Waals surface area (Å²) in [6.07, 6.45) is 0. The summed E-state index contributed by atoms with van der Waals surface area (Å²) in [5.41, 5.74) is 0.278. The number of ether oxygens (including phenoxy) is 1. The van der Waals surface area contributed by atoms with E-state index in [-0.39, 0.29) is 29.5 Å². The highest BCUT2D eigenvalue weighted by molar-refractivity contribution is 8.02. The minimum Gasteiger partial charge on any atom is -0.464 e. The normalized spacial score (nSPS) is 18.4. The standard InChI is InChI=1S/C15H20N2O5S2/c1-4-22-15(19)14-17(8-9-23-14)24(20,21)12-7-5-6-11(10-12)13(18)16(2)3/h5-7,10,14H,4,8-9H2,1-3H3. The molecule has 1 aromatic rings. The molecule has 0 spiro atoms. The Bertz CT molecular complexity index is 733. The first-order chi connectivity index (χ1) is 11.3. The molecule has 1 saturated heterocycles. The van der Waals surface area contributed by atoms with Crippen LogP contribution in [0.5, 0.6) is 0 Å². The average molecular weight is 372 g/mol. The number of hydrogen-bond donors (Lipinski definition) is 0. The molecule has 0 bridgehead atoms. The molecule has 24 heavy (non-hydrogen) atoms. The number of nitrogens with zero attached hydrogens (tertiary/aromatic N) is 2. The fourth-order valence-corrected chi connectivity index (χ4v) is 5.39. The van der Waals surface area contributed by atoms with Gasteiger partial charge >= 0.3 is 5.97 Å². The topological polar surface area (TPSA) is 84.0 Å². The number of esters is 1. The van der Waals surface area contributed by atoms with Gasteiger partial charge in [0.05, 0.1) is 11.5 Å². The van der Waals surface area contributed by atoms with Crippen molar-refractivity contribution in [2.45, 2.75) is 17.2 Å². The van der Waals surface area contributed by atoms with Gasteiger partial charge in [-0.25, -0.2) is 13.2 Å². The molecular weight excluding hydrogens is 352 g/mol. The first-order valence-electron chi connectivity index (χ1n) is 7.41. The Morgan fingerprint density at radius 1 is 1.38 bits per heavy atom. The maximum Gasteiger partial charge on any atom is 0.334 e. The quantitative estimate of drug-likeness (QED) is 0.718. The van der Waals surface area contributed by atoms with E-state index in [2.05, 4.69) is 0 Å². The molecule has 1 fully saturated rings. The monoisotopic (exact) mass is 372 g/mol. The van der Waals surface area contributed by atoms with Crippen LogP contribution in [0.25, 0.3) is 0 Å². The van der Waals surface area contributed by atoms with E-state index < -0.39 is 21.4 Å². The van der Waals surface area contributed by atoms with Crippen LogP contribution in [0.2, 0.25) is 0 Å². The molecule has 1 amide bonds. The molecule has 0 aromatic heterocycles. The number of sulfonamides is 1. The van der Waals surface area contributed by atoms with Gasteiger partial charge in [0, 0.05) is 32.0 Å². The van der Waals surface area contributed by atoms with Crippen molar-refractivity contribution in [1.29, 1.82) is 0 Å². The third-order valence-electron chi connectivity index (χ3n) is 3.43. The molecule has 9 heteroatoms. The lowest BCUT2D eigenvalue weighted by atomic mass is 10.2. The van der Waals surface area contributed by atoms with Crippen molar-refractivity contribution < 1.29 is 22.7 Å². The first kappa shape index (κ1) is 18.8. The maximum absolute atomic E-state index is 12.9. The highest BCUT2D eigenvalue weighted by Crippen LogP contribution is 2.31.